The van der Waals surface area contributed by atoms with E-state index in [1.807, 2.05) is 12.1 Å². The summed E-state index contributed by atoms with van der Waals surface area (Å²) < 4.78 is 51.5. The van der Waals surface area contributed by atoms with Crippen molar-refractivity contribution < 1.29 is 27.4 Å². The van der Waals surface area contributed by atoms with E-state index in [0.717, 1.165) is 17.7 Å². The zero-order valence-corrected chi connectivity index (χ0v) is 18.9. The number of fused-ring (bicyclic) bond motifs is 1. The average Bonchev–Trinajstić information content (AvgIpc) is 3.21. The van der Waals surface area contributed by atoms with E-state index in [1.54, 1.807) is 20.3 Å². The van der Waals surface area contributed by atoms with Crippen LogP contribution in [0.2, 0.25) is 0 Å². The number of hydrogen-bond acceptors (Lipinski definition) is 7. The quantitative estimate of drug-likeness (QED) is 0.567. The second-order valence-electron chi connectivity index (χ2n) is 8.42. The molecule has 11 heteroatoms. The van der Waals surface area contributed by atoms with Gasteiger partial charge in [0.25, 0.3) is 0 Å². The molecule has 0 amide bonds. The van der Waals surface area contributed by atoms with Gasteiger partial charge in [-0.2, -0.15) is 18.2 Å². The Morgan fingerprint density at radius 2 is 1.71 bits per heavy atom. The van der Waals surface area contributed by atoms with E-state index in [9.17, 15) is 18.0 Å². The third kappa shape index (κ3) is 3.96. The third-order valence-corrected chi connectivity index (χ3v) is 6.37. The standard InChI is InChI=1S/C24H22F3N5O3/c1-34-18-8-5-13(11-19(18)35-2)14-9-16-20(17(33)10-14)21(32-23(29-16)30-22(28)31-32)12-3-6-15(7-4-12)24(25,26)27/h3-8,11,14,21H,9-10H2,1-2H3,(H3,28,29,30,31)/t14-,21+/m0/s1. The molecule has 2 atom stereocenters. The largest absolute Gasteiger partial charge is 0.493 e. The van der Waals surface area contributed by atoms with E-state index in [0.29, 0.717) is 40.7 Å². The molecular weight excluding hydrogens is 463 g/mol. The van der Waals surface area contributed by atoms with Gasteiger partial charge in [0, 0.05) is 17.7 Å². The summed E-state index contributed by atoms with van der Waals surface area (Å²) in [5.41, 5.74) is 7.52. The number of allylic oxidation sites excluding steroid dienone is 2. The molecule has 3 aromatic rings. The Morgan fingerprint density at radius 1 is 1.03 bits per heavy atom. The minimum atomic E-state index is -4.47. The number of ether oxygens (including phenoxy) is 2. The average molecular weight is 485 g/mol. The number of halogens is 3. The van der Waals surface area contributed by atoms with Crippen LogP contribution in [0.5, 0.6) is 11.5 Å². The maximum atomic E-state index is 13.5. The van der Waals surface area contributed by atoms with E-state index in [1.165, 1.54) is 16.8 Å². The van der Waals surface area contributed by atoms with Gasteiger partial charge >= 0.3 is 6.18 Å². The Labute approximate surface area is 198 Å². The Hall–Kier alpha value is -4.02. The van der Waals surface area contributed by atoms with Crippen molar-refractivity contribution in [3.63, 3.8) is 0 Å². The number of hydrogen-bond donors (Lipinski definition) is 2. The highest BCUT2D eigenvalue weighted by Gasteiger charge is 2.40. The normalized spacial score (nSPS) is 19.6. The van der Waals surface area contributed by atoms with Gasteiger partial charge in [-0.3, -0.25) is 4.79 Å². The second-order valence-corrected chi connectivity index (χ2v) is 8.42. The molecule has 2 heterocycles. The molecule has 1 aliphatic carbocycles. The first-order valence-corrected chi connectivity index (χ1v) is 10.8. The number of anilines is 2. The van der Waals surface area contributed by atoms with Crippen molar-refractivity contribution >= 4 is 17.7 Å². The summed E-state index contributed by atoms with van der Waals surface area (Å²) in [6.07, 6.45) is -3.76. The lowest BCUT2D eigenvalue weighted by Gasteiger charge is -2.35. The number of Topliss-reactive ketones (excluding diaryl/α,β-unsaturated/α-hetero) is 1. The molecule has 0 unspecified atom stereocenters. The van der Waals surface area contributed by atoms with Gasteiger partial charge in [0.15, 0.2) is 17.3 Å². The van der Waals surface area contributed by atoms with Gasteiger partial charge in [-0.25, -0.2) is 4.68 Å². The van der Waals surface area contributed by atoms with Crippen LogP contribution in [0.1, 0.15) is 41.5 Å². The van der Waals surface area contributed by atoms with Crippen LogP contribution in [-0.2, 0) is 11.0 Å². The van der Waals surface area contributed by atoms with Crippen LogP contribution in [-0.4, -0.2) is 34.8 Å². The molecule has 5 rings (SSSR count). The van der Waals surface area contributed by atoms with Crippen molar-refractivity contribution in [2.75, 3.05) is 25.3 Å². The van der Waals surface area contributed by atoms with Crippen molar-refractivity contribution in [3.05, 3.63) is 70.4 Å². The summed E-state index contributed by atoms with van der Waals surface area (Å²) in [4.78, 5) is 17.7. The zero-order chi connectivity index (χ0) is 24.9. The molecule has 182 valence electrons. The summed E-state index contributed by atoms with van der Waals surface area (Å²) >= 11 is 0. The smallest absolute Gasteiger partial charge is 0.416 e. The van der Waals surface area contributed by atoms with Gasteiger partial charge in [0.2, 0.25) is 11.9 Å². The van der Waals surface area contributed by atoms with Gasteiger partial charge < -0.3 is 20.5 Å². The second kappa shape index (κ2) is 8.33. The number of aromatic nitrogens is 3. The molecule has 0 spiro atoms. The van der Waals surface area contributed by atoms with Crippen molar-refractivity contribution in [3.8, 4) is 11.5 Å². The summed E-state index contributed by atoms with van der Waals surface area (Å²) in [7, 11) is 3.09. The lowest BCUT2D eigenvalue weighted by atomic mass is 9.78. The molecule has 1 aromatic heterocycles. The molecule has 2 aromatic carbocycles. The fourth-order valence-electron chi connectivity index (χ4n) is 4.73. The van der Waals surface area contributed by atoms with Crippen LogP contribution in [0, 0.1) is 0 Å². The van der Waals surface area contributed by atoms with E-state index in [2.05, 4.69) is 15.4 Å². The number of rotatable bonds is 4. The molecule has 0 fully saturated rings. The molecule has 0 saturated carbocycles. The summed E-state index contributed by atoms with van der Waals surface area (Å²) in [5.74, 6) is 1.18. The van der Waals surface area contributed by atoms with Crippen LogP contribution in [0.15, 0.2) is 53.7 Å². The molecular formula is C24H22F3N5O3. The molecule has 0 bridgehead atoms. The van der Waals surface area contributed by atoms with Crippen molar-refractivity contribution in [2.24, 2.45) is 0 Å². The molecule has 2 aliphatic rings. The number of nitrogens with one attached hydrogen (secondary N) is 1. The van der Waals surface area contributed by atoms with Crippen molar-refractivity contribution in [1.82, 2.24) is 14.8 Å². The van der Waals surface area contributed by atoms with E-state index >= 15 is 0 Å². The van der Waals surface area contributed by atoms with E-state index in [4.69, 9.17) is 15.2 Å². The van der Waals surface area contributed by atoms with Crippen LogP contribution < -0.4 is 20.5 Å². The number of ketones is 1. The zero-order valence-electron chi connectivity index (χ0n) is 18.9. The van der Waals surface area contributed by atoms with Gasteiger partial charge in [-0.1, -0.05) is 18.2 Å². The number of nitrogens with two attached hydrogens (primary N) is 1. The Kier molecular flexibility index (Phi) is 5.42. The van der Waals surface area contributed by atoms with Crippen molar-refractivity contribution in [2.45, 2.75) is 31.0 Å². The summed E-state index contributed by atoms with van der Waals surface area (Å²) in [6.45, 7) is 0. The Balaban J connectivity index is 1.55. The predicted octanol–water partition coefficient (Wildman–Crippen LogP) is 4.31. The van der Waals surface area contributed by atoms with Crippen molar-refractivity contribution in [1.29, 1.82) is 0 Å². The number of benzene rings is 2. The highest BCUT2D eigenvalue weighted by Crippen LogP contribution is 2.45. The lowest BCUT2D eigenvalue weighted by Crippen LogP contribution is -2.33. The lowest BCUT2D eigenvalue weighted by molar-refractivity contribution is -0.137. The SMILES string of the molecule is COc1ccc([C@@H]2CC(=O)C3=C(C2)Nc2nc(N)nn2[C@@H]3c2ccc(C(F)(F)F)cc2)cc1OC. The molecule has 3 N–H and O–H groups in total. The van der Waals surface area contributed by atoms with Gasteiger partial charge in [0.1, 0.15) is 6.04 Å². The number of methoxy groups -OCH3 is 2. The van der Waals surface area contributed by atoms with Gasteiger partial charge in [-0.15, -0.1) is 5.10 Å². The maximum absolute atomic E-state index is 13.5. The highest BCUT2D eigenvalue weighted by atomic mass is 19.4. The minimum absolute atomic E-state index is 0.00634. The highest BCUT2D eigenvalue weighted by molar-refractivity contribution is 6.00. The Bertz CT molecular complexity index is 1330. The predicted molar refractivity (Wildman–Crippen MR) is 121 cm³/mol. The van der Waals surface area contributed by atoms with Crippen LogP contribution >= 0.6 is 0 Å². The van der Waals surface area contributed by atoms with Crippen LogP contribution in [0.4, 0.5) is 25.1 Å². The first kappa shape index (κ1) is 22.8. The summed E-state index contributed by atoms with van der Waals surface area (Å²) in [5, 5.41) is 7.38. The first-order chi connectivity index (χ1) is 16.7. The molecule has 0 saturated heterocycles. The monoisotopic (exact) mass is 485 g/mol. The van der Waals surface area contributed by atoms with Gasteiger partial charge in [0.05, 0.1) is 19.8 Å². The van der Waals surface area contributed by atoms with E-state index < -0.39 is 17.8 Å². The van der Waals surface area contributed by atoms with E-state index in [-0.39, 0.29) is 24.1 Å². The topological polar surface area (TPSA) is 104 Å². The molecule has 8 nitrogen and oxygen atoms in total. The fraction of sp³-hybridized carbons (Fsp3) is 0.292. The molecule has 1 aliphatic heterocycles. The summed E-state index contributed by atoms with van der Waals surface area (Å²) in [6, 6.07) is 9.50. The first-order valence-electron chi connectivity index (χ1n) is 10.8. The fourth-order valence-corrected chi connectivity index (χ4v) is 4.73. The van der Waals surface area contributed by atoms with Crippen LogP contribution in [0.3, 0.4) is 0 Å². The van der Waals surface area contributed by atoms with Crippen LogP contribution in [0.25, 0.3) is 0 Å². The molecule has 35 heavy (non-hydrogen) atoms. The Morgan fingerprint density at radius 3 is 2.37 bits per heavy atom. The number of carbonyl (C=O) groups excluding carboxylic acids is 1. The minimum Gasteiger partial charge on any atom is -0.493 e. The number of carbonyl (C=O) groups is 1. The van der Waals surface area contributed by atoms with Gasteiger partial charge in [-0.05, 0) is 47.7 Å². The maximum Gasteiger partial charge on any atom is 0.416 e. The molecule has 0 radical (unpaired) electrons. The number of nitrogen functional groups attached to an aromatic ring is 1. The third-order valence-electron chi connectivity index (χ3n) is 6.37. The number of nitrogens with zero attached hydrogens (tertiary/aromatic N) is 3. The number of alkyl halides is 3.